The molecule has 1 aliphatic rings. The van der Waals surface area contributed by atoms with E-state index < -0.39 is 5.54 Å². The Hall–Kier alpha value is -1.40. The van der Waals surface area contributed by atoms with Gasteiger partial charge in [0.1, 0.15) is 0 Å². The lowest BCUT2D eigenvalue weighted by molar-refractivity contribution is 0.0119. The average Bonchev–Trinajstić information content (AvgIpc) is 2.77. The third kappa shape index (κ3) is 2.48. The molecule has 0 spiro atoms. The molecule has 1 aliphatic heterocycles. The first-order valence-corrected chi connectivity index (χ1v) is 5.58. The Morgan fingerprint density at radius 2 is 2.29 bits per heavy atom. The summed E-state index contributed by atoms with van der Waals surface area (Å²) in [5.41, 5.74) is -0.0585. The fourth-order valence-electron chi connectivity index (χ4n) is 1.90. The van der Waals surface area contributed by atoms with Crippen molar-refractivity contribution in [3.63, 3.8) is 0 Å². The molecule has 0 unspecified atom stereocenters. The second-order valence-corrected chi connectivity index (χ2v) is 4.27. The van der Waals surface area contributed by atoms with Crippen LogP contribution in [0.2, 0.25) is 0 Å². The monoisotopic (exact) mass is 240 g/mol. The van der Waals surface area contributed by atoms with E-state index in [0.29, 0.717) is 31.7 Å². The topological polar surface area (TPSA) is 84.6 Å². The zero-order chi connectivity index (χ0) is 12.3. The summed E-state index contributed by atoms with van der Waals surface area (Å²) in [6.45, 7) is 2.68. The summed E-state index contributed by atoms with van der Waals surface area (Å²) >= 11 is 0. The first kappa shape index (κ1) is 12.1. The molecule has 1 amide bonds. The van der Waals surface area contributed by atoms with Gasteiger partial charge in [-0.3, -0.25) is 4.79 Å². The van der Waals surface area contributed by atoms with Crippen molar-refractivity contribution in [3.8, 4) is 0 Å². The van der Waals surface area contributed by atoms with Crippen LogP contribution < -0.4 is 5.32 Å². The average molecular weight is 240 g/mol. The second kappa shape index (κ2) is 4.85. The van der Waals surface area contributed by atoms with E-state index in [9.17, 15) is 9.90 Å². The van der Waals surface area contributed by atoms with Gasteiger partial charge < -0.3 is 19.6 Å². The number of nitrogens with zero attached hydrogens (tertiary/aromatic N) is 1. The number of hydrogen-bond donors (Lipinski definition) is 2. The van der Waals surface area contributed by atoms with Crippen LogP contribution in [0.1, 0.15) is 29.1 Å². The third-order valence-corrected chi connectivity index (χ3v) is 3.08. The van der Waals surface area contributed by atoms with Crippen LogP contribution in [-0.2, 0) is 4.74 Å². The van der Waals surface area contributed by atoms with E-state index in [0.717, 1.165) is 0 Å². The minimum atomic E-state index is -0.603. The molecular formula is C11H16N2O4. The van der Waals surface area contributed by atoms with Gasteiger partial charge in [-0.05, 0) is 19.8 Å². The van der Waals surface area contributed by atoms with Crippen molar-refractivity contribution in [2.75, 3.05) is 19.8 Å². The zero-order valence-corrected chi connectivity index (χ0v) is 9.73. The number of nitrogens with one attached hydrogen (secondary N) is 1. The van der Waals surface area contributed by atoms with Crippen LogP contribution in [0.5, 0.6) is 0 Å². The molecule has 0 aliphatic carbocycles. The van der Waals surface area contributed by atoms with Crippen LogP contribution in [0.25, 0.3) is 0 Å². The maximum Gasteiger partial charge on any atom is 0.289 e. The summed E-state index contributed by atoms with van der Waals surface area (Å²) in [5, 5.41) is 12.3. The fraction of sp³-hybridized carbons (Fsp3) is 0.636. The highest BCUT2D eigenvalue weighted by molar-refractivity contribution is 5.92. The van der Waals surface area contributed by atoms with Crippen LogP contribution in [0, 0.1) is 6.92 Å². The van der Waals surface area contributed by atoms with Crippen molar-refractivity contribution in [3.05, 3.63) is 17.8 Å². The number of oxazole rings is 1. The Balaban J connectivity index is 2.08. The molecule has 1 aromatic heterocycles. The predicted molar refractivity (Wildman–Crippen MR) is 58.6 cm³/mol. The Kier molecular flexibility index (Phi) is 3.44. The molecule has 0 aromatic carbocycles. The Morgan fingerprint density at radius 3 is 2.82 bits per heavy atom. The van der Waals surface area contributed by atoms with E-state index in [1.807, 2.05) is 0 Å². The predicted octanol–water partition coefficient (Wildman–Crippen LogP) is 0.254. The van der Waals surface area contributed by atoms with Crippen molar-refractivity contribution in [2.45, 2.75) is 25.3 Å². The van der Waals surface area contributed by atoms with Crippen molar-refractivity contribution in [2.24, 2.45) is 0 Å². The number of amides is 1. The second-order valence-electron chi connectivity index (χ2n) is 4.27. The highest BCUT2D eigenvalue weighted by Crippen LogP contribution is 2.21. The molecule has 2 rings (SSSR count). The quantitative estimate of drug-likeness (QED) is 0.791. The largest absolute Gasteiger partial charge is 0.438 e. The number of carbonyl (C=O) groups excluding carboxylic acids is 1. The highest BCUT2D eigenvalue weighted by atomic mass is 16.5. The van der Waals surface area contributed by atoms with Gasteiger partial charge in [-0.25, -0.2) is 4.98 Å². The van der Waals surface area contributed by atoms with Gasteiger partial charge in [0, 0.05) is 13.2 Å². The minimum Gasteiger partial charge on any atom is -0.438 e. The van der Waals surface area contributed by atoms with Crippen molar-refractivity contribution in [1.82, 2.24) is 10.3 Å². The van der Waals surface area contributed by atoms with Crippen LogP contribution >= 0.6 is 0 Å². The number of rotatable bonds is 3. The summed E-state index contributed by atoms with van der Waals surface area (Å²) < 4.78 is 10.2. The van der Waals surface area contributed by atoms with E-state index in [4.69, 9.17) is 9.15 Å². The normalized spacial score (nSPS) is 18.9. The first-order chi connectivity index (χ1) is 8.17. The summed E-state index contributed by atoms with van der Waals surface area (Å²) in [5.74, 6) is -0.139. The van der Waals surface area contributed by atoms with E-state index in [1.54, 1.807) is 6.92 Å². The Labute approximate surface area is 99.0 Å². The van der Waals surface area contributed by atoms with Gasteiger partial charge in [-0.1, -0.05) is 0 Å². The summed E-state index contributed by atoms with van der Waals surface area (Å²) in [6, 6.07) is 0. The molecule has 94 valence electrons. The van der Waals surface area contributed by atoms with Crippen LogP contribution in [0.4, 0.5) is 0 Å². The zero-order valence-electron chi connectivity index (χ0n) is 9.73. The Bertz CT molecular complexity index is 396. The molecule has 0 bridgehead atoms. The van der Waals surface area contributed by atoms with E-state index in [2.05, 4.69) is 10.3 Å². The summed E-state index contributed by atoms with van der Waals surface area (Å²) in [4.78, 5) is 15.8. The number of aliphatic hydroxyl groups is 1. The molecule has 1 saturated heterocycles. The van der Waals surface area contributed by atoms with E-state index in [-0.39, 0.29) is 18.3 Å². The van der Waals surface area contributed by atoms with Gasteiger partial charge in [0.25, 0.3) is 5.91 Å². The molecule has 0 saturated carbocycles. The van der Waals surface area contributed by atoms with Crippen molar-refractivity contribution in [1.29, 1.82) is 0 Å². The van der Waals surface area contributed by atoms with Crippen LogP contribution in [-0.4, -0.2) is 41.4 Å². The molecule has 6 heteroatoms. The van der Waals surface area contributed by atoms with Gasteiger partial charge >= 0.3 is 0 Å². The van der Waals surface area contributed by atoms with E-state index in [1.165, 1.54) is 6.39 Å². The lowest BCUT2D eigenvalue weighted by Gasteiger charge is -2.35. The first-order valence-electron chi connectivity index (χ1n) is 5.58. The summed E-state index contributed by atoms with van der Waals surface area (Å²) in [7, 11) is 0. The number of aromatic nitrogens is 1. The number of aliphatic hydroxyl groups excluding tert-OH is 1. The number of aryl methyl sites for hydroxylation is 1. The molecule has 1 aromatic rings. The molecule has 2 heterocycles. The molecule has 17 heavy (non-hydrogen) atoms. The van der Waals surface area contributed by atoms with Crippen LogP contribution in [0.15, 0.2) is 10.8 Å². The summed E-state index contributed by atoms with van der Waals surface area (Å²) in [6.07, 6.45) is 2.44. The van der Waals surface area contributed by atoms with Gasteiger partial charge in [0.05, 0.1) is 17.8 Å². The SMILES string of the molecule is Cc1ncoc1C(=O)NC1(CO)CCOCC1. The fourth-order valence-corrected chi connectivity index (χ4v) is 1.90. The van der Waals surface area contributed by atoms with Gasteiger partial charge in [0.15, 0.2) is 6.39 Å². The maximum atomic E-state index is 12.0. The van der Waals surface area contributed by atoms with Gasteiger partial charge in [0.2, 0.25) is 5.76 Å². The molecule has 1 fully saturated rings. The van der Waals surface area contributed by atoms with E-state index >= 15 is 0 Å². The highest BCUT2D eigenvalue weighted by Gasteiger charge is 2.34. The van der Waals surface area contributed by atoms with Crippen molar-refractivity contribution < 1.29 is 19.1 Å². The smallest absolute Gasteiger partial charge is 0.289 e. The lowest BCUT2D eigenvalue weighted by Crippen LogP contribution is -2.54. The molecule has 6 nitrogen and oxygen atoms in total. The maximum absolute atomic E-state index is 12.0. The number of carbonyl (C=O) groups is 1. The van der Waals surface area contributed by atoms with Gasteiger partial charge in [-0.15, -0.1) is 0 Å². The van der Waals surface area contributed by atoms with Crippen molar-refractivity contribution >= 4 is 5.91 Å². The number of ether oxygens (including phenoxy) is 1. The molecule has 2 N–H and O–H groups in total. The van der Waals surface area contributed by atoms with Gasteiger partial charge in [-0.2, -0.15) is 0 Å². The Morgan fingerprint density at radius 1 is 1.59 bits per heavy atom. The molecule has 0 radical (unpaired) electrons. The van der Waals surface area contributed by atoms with Crippen LogP contribution in [0.3, 0.4) is 0 Å². The molecule has 0 atom stereocenters. The lowest BCUT2D eigenvalue weighted by atomic mass is 9.91. The number of hydrogen-bond acceptors (Lipinski definition) is 5. The molecular weight excluding hydrogens is 224 g/mol. The third-order valence-electron chi connectivity index (χ3n) is 3.08. The standard InChI is InChI=1S/C11H16N2O4/c1-8-9(17-7-12-8)10(15)13-11(6-14)2-4-16-5-3-11/h7,14H,2-6H2,1H3,(H,13,15). The minimum absolute atomic E-state index is 0.102.